The molecule has 2 unspecified atom stereocenters. The molecule has 0 spiro atoms. The molecule has 0 radical (unpaired) electrons. The first-order chi connectivity index (χ1) is 8.50. The molecule has 0 aromatic carbocycles. The number of nitrogens with zero attached hydrogens (tertiary/aromatic N) is 1. The molecule has 18 heavy (non-hydrogen) atoms. The molecule has 2 aliphatic rings. The third-order valence-electron chi connectivity index (χ3n) is 3.82. The Bertz CT molecular complexity index is 389. The maximum atomic E-state index is 12.2. The Hall–Kier alpha value is -0.830. The Morgan fingerprint density at radius 2 is 2.00 bits per heavy atom. The van der Waals surface area contributed by atoms with Crippen molar-refractivity contribution in [3.8, 4) is 0 Å². The average Bonchev–Trinajstić information content (AvgIpc) is 2.53. The van der Waals surface area contributed by atoms with Gasteiger partial charge in [-0.25, -0.2) is 0 Å². The van der Waals surface area contributed by atoms with Crippen molar-refractivity contribution in [1.29, 1.82) is 0 Å². The van der Waals surface area contributed by atoms with Crippen molar-refractivity contribution >= 4 is 23.4 Å². The van der Waals surface area contributed by atoms with Gasteiger partial charge in [-0.05, 0) is 31.6 Å². The minimum absolute atomic E-state index is 0.00849. The van der Waals surface area contributed by atoms with Crippen LogP contribution in [0.25, 0.3) is 0 Å². The van der Waals surface area contributed by atoms with E-state index in [-0.39, 0.29) is 23.7 Å². The second kappa shape index (κ2) is 5.43. The summed E-state index contributed by atoms with van der Waals surface area (Å²) in [4.78, 5) is 25.8. The molecule has 2 atom stereocenters. The second-order valence-electron chi connectivity index (χ2n) is 5.67. The maximum absolute atomic E-state index is 12.2. The molecular formula is C14H20ClNO2. The van der Waals surface area contributed by atoms with E-state index in [1.807, 2.05) is 6.08 Å². The van der Waals surface area contributed by atoms with Crippen molar-refractivity contribution in [3.05, 3.63) is 11.1 Å². The fraction of sp³-hybridized carbons (Fsp3) is 0.714. The Kier molecular flexibility index (Phi) is 4.10. The lowest BCUT2D eigenvalue weighted by atomic mass is 9.85. The van der Waals surface area contributed by atoms with Crippen LogP contribution in [0.1, 0.15) is 39.5 Å². The summed E-state index contributed by atoms with van der Waals surface area (Å²) in [6.45, 7) is 4.87. The van der Waals surface area contributed by atoms with Crippen LogP contribution < -0.4 is 0 Å². The normalized spacial score (nSPS) is 27.8. The fourth-order valence-electron chi connectivity index (χ4n) is 2.77. The number of carbonyl (C=O) groups is 2. The van der Waals surface area contributed by atoms with Crippen molar-refractivity contribution < 1.29 is 9.59 Å². The molecule has 2 rings (SSSR count). The number of hydrogen-bond donors (Lipinski definition) is 0. The number of imide groups is 1. The van der Waals surface area contributed by atoms with Crippen LogP contribution in [0.4, 0.5) is 0 Å². The van der Waals surface area contributed by atoms with Crippen molar-refractivity contribution in [1.82, 2.24) is 4.90 Å². The number of amides is 2. The predicted molar refractivity (Wildman–Crippen MR) is 70.9 cm³/mol. The third-order valence-corrected chi connectivity index (χ3v) is 4.13. The van der Waals surface area contributed by atoms with Gasteiger partial charge in [0.05, 0.1) is 11.8 Å². The molecule has 0 bridgehead atoms. The summed E-state index contributed by atoms with van der Waals surface area (Å²) in [5, 5.41) is 0.724. The lowest BCUT2D eigenvalue weighted by molar-refractivity contribution is -0.140. The molecule has 1 saturated heterocycles. The van der Waals surface area contributed by atoms with Gasteiger partial charge in [-0.2, -0.15) is 0 Å². The van der Waals surface area contributed by atoms with Crippen LogP contribution in [0, 0.1) is 17.8 Å². The first-order valence-electron chi connectivity index (χ1n) is 6.70. The van der Waals surface area contributed by atoms with Crippen molar-refractivity contribution in [2.75, 3.05) is 6.54 Å². The Morgan fingerprint density at radius 3 is 2.67 bits per heavy atom. The van der Waals surface area contributed by atoms with E-state index >= 15 is 0 Å². The van der Waals surface area contributed by atoms with E-state index in [1.54, 1.807) is 0 Å². The van der Waals surface area contributed by atoms with Crippen LogP contribution in [-0.2, 0) is 9.59 Å². The van der Waals surface area contributed by atoms with Gasteiger partial charge in [-0.1, -0.05) is 31.5 Å². The molecule has 4 heteroatoms. The first kappa shape index (κ1) is 13.6. The van der Waals surface area contributed by atoms with Crippen LogP contribution in [0.2, 0.25) is 0 Å². The third kappa shape index (κ3) is 2.61. The van der Waals surface area contributed by atoms with Gasteiger partial charge in [-0.15, -0.1) is 0 Å². The lowest BCUT2D eigenvalue weighted by Crippen LogP contribution is -2.32. The van der Waals surface area contributed by atoms with Gasteiger partial charge in [0, 0.05) is 11.6 Å². The van der Waals surface area contributed by atoms with E-state index < -0.39 is 0 Å². The predicted octanol–water partition coefficient (Wildman–Crippen LogP) is 2.94. The fourth-order valence-corrected chi connectivity index (χ4v) is 3.03. The highest BCUT2D eigenvalue weighted by Crippen LogP contribution is 2.38. The average molecular weight is 270 g/mol. The van der Waals surface area contributed by atoms with Crippen molar-refractivity contribution in [2.45, 2.75) is 39.5 Å². The molecule has 1 fully saturated rings. The highest BCUT2D eigenvalue weighted by atomic mass is 35.5. The highest BCUT2D eigenvalue weighted by Gasteiger charge is 2.47. The highest BCUT2D eigenvalue weighted by molar-refractivity contribution is 6.30. The zero-order valence-electron chi connectivity index (χ0n) is 11.0. The Balaban J connectivity index is 1.98. The molecular weight excluding hydrogens is 250 g/mol. The maximum Gasteiger partial charge on any atom is 0.233 e. The summed E-state index contributed by atoms with van der Waals surface area (Å²) in [6, 6.07) is 0. The van der Waals surface area contributed by atoms with Gasteiger partial charge >= 0.3 is 0 Å². The van der Waals surface area contributed by atoms with Crippen LogP contribution >= 0.6 is 11.6 Å². The van der Waals surface area contributed by atoms with Gasteiger partial charge in [0.15, 0.2) is 0 Å². The van der Waals surface area contributed by atoms with Crippen molar-refractivity contribution in [3.63, 3.8) is 0 Å². The molecule has 100 valence electrons. The van der Waals surface area contributed by atoms with Gasteiger partial charge in [0.25, 0.3) is 0 Å². The molecule has 0 N–H and O–H groups in total. The van der Waals surface area contributed by atoms with Crippen LogP contribution in [0.15, 0.2) is 11.1 Å². The zero-order valence-corrected chi connectivity index (χ0v) is 11.7. The molecule has 2 amide bonds. The topological polar surface area (TPSA) is 37.4 Å². The molecule has 0 aromatic rings. The number of halogens is 1. The zero-order chi connectivity index (χ0) is 13.3. The Morgan fingerprint density at radius 1 is 1.33 bits per heavy atom. The number of hydrogen-bond acceptors (Lipinski definition) is 2. The van der Waals surface area contributed by atoms with Crippen molar-refractivity contribution in [2.24, 2.45) is 17.8 Å². The minimum atomic E-state index is -0.200. The number of allylic oxidation sites excluding steroid dienone is 2. The lowest BCUT2D eigenvalue weighted by Gasteiger charge is -2.17. The molecule has 1 heterocycles. The number of carbonyl (C=O) groups excluding carboxylic acids is 2. The molecule has 0 saturated carbocycles. The smallest absolute Gasteiger partial charge is 0.233 e. The Labute approximate surface area is 113 Å². The summed E-state index contributed by atoms with van der Waals surface area (Å²) in [7, 11) is 0. The molecule has 1 aliphatic carbocycles. The van der Waals surface area contributed by atoms with Crippen LogP contribution in [-0.4, -0.2) is 23.3 Å². The van der Waals surface area contributed by atoms with E-state index in [1.165, 1.54) is 4.90 Å². The quantitative estimate of drug-likeness (QED) is 0.736. The van der Waals surface area contributed by atoms with Gasteiger partial charge < -0.3 is 0 Å². The van der Waals surface area contributed by atoms with E-state index in [4.69, 9.17) is 11.6 Å². The first-order valence-corrected chi connectivity index (χ1v) is 7.08. The van der Waals surface area contributed by atoms with E-state index in [2.05, 4.69) is 13.8 Å². The number of fused-ring (bicyclic) bond motifs is 1. The standard InChI is InChI=1S/C14H20ClNO2/c1-9(2)4-3-7-16-13(17)11-6-5-10(15)8-12(11)14(16)18/h5,9,11-12H,3-4,6-8H2,1-2H3. The summed E-state index contributed by atoms with van der Waals surface area (Å²) in [6.07, 6.45) is 4.99. The van der Waals surface area contributed by atoms with Gasteiger partial charge in [0.2, 0.25) is 11.8 Å². The second-order valence-corrected chi connectivity index (χ2v) is 6.15. The number of rotatable bonds is 4. The molecule has 1 aliphatic heterocycles. The minimum Gasteiger partial charge on any atom is -0.282 e. The SMILES string of the molecule is CC(C)CCCN1C(=O)C2CC=C(Cl)CC2C1=O. The molecule has 3 nitrogen and oxygen atoms in total. The van der Waals surface area contributed by atoms with E-state index in [0.717, 1.165) is 17.9 Å². The largest absolute Gasteiger partial charge is 0.282 e. The summed E-state index contributed by atoms with van der Waals surface area (Å²) in [5.41, 5.74) is 0. The number of likely N-dealkylation sites (tertiary alicyclic amines) is 1. The van der Waals surface area contributed by atoms with E-state index in [0.29, 0.717) is 25.3 Å². The summed E-state index contributed by atoms with van der Waals surface area (Å²) < 4.78 is 0. The summed E-state index contributed by atoms with van der Waals surface area (Å²) >= 11 is 5.97. The monoisotopic (exact) mass is 269 g/mol. The summed E-state index contributed by atoms with van der Waals surface area (Å²) in [5.74, 6) is 0.249. The van der Waals surface area contributed by atoms with Gasteiger partial charge in [-0.3, -0.25) is 14.5 Å². The van der Waals surface area contributed by atoms with Crippen LogP contribution in [0.5, 0.6) is 0 Å². The van der Waals surface area contributed by atoms with Gasteiger partial charge in [0.1, 0.15) is 0 Å². The molecule has 0 aromatic heterocycles. The van der Waals surface area contributed by atoms with E-state index in [9.17, 15) is 9.59 Å². The van der Waals surface area contributed by atoms with Crippen LogP contribution in [0.3, 0.4) is 0 Å².